The summed E-state index contributed by atoms with van der Waals surface area (Å²) >= 11 is 0. The van der Waals surface area contributed by atoms with Crippen LogP contribution in [0.25, 0.3) is 0 Å². The molecule has 1 N–H and O–H groups in total. The van der Waals surface area contributed by atoms with Gasteiger partial charge in [0, 0.05) is 26.7 Å². The molecule has 0 fully saturated rings. The van der Waals surface area contributed by atoms with E-state index < -0.39 is 0 Å². The van der Waals surface area contributed by atoms with Crippen LogP contribution in [0.2, 0.25) is 0 Å². The number of rotatable bonds is 8. The molecule has 0 aliphatic carbocycles. The average molecular weight is 500 g/mol. The molecule has 2 aromatic rings. The van der Waals surface area contributed by atoms with Gasteiger partial charge in [-0.15, -0.1) is 24.0 Å². The number of halogens is 1. The van der Waals surface area contributed by atoms with Gasteiger partial charge in [0.25, 0.3) is 0 Å². The van der Waals surface area contributed by atoms with E-state index in [1.165, 1.54) is 5.56 Å². The van der Waals surface area contributed by atoms with Gasteiger partial charge in [-0.1, -0.05) is 12.1 Å². The molecule has 1 heterocycles. The summed E-state index contributed by atoms with van der Waals surface area (Å²) in [7, 11) is 8.67. The Bertz CT molecular complexity index is 771. The van der Waals surface area contributed by atoms with E-state index in [-0.39, 0.29) is 24.0 Å². The molecule has 8 heteroatoms. The number of aliphatic imine (C=N–C) groups is 1. The smallest absolute Gasteiger partial charge is 0.213 e. The van der Waals surface area contributed by atoms with Crippen LogP contribution in [-0.4, -0.2) is 57.8 Å². The van der Waals surface area contributed by atoms with Gasteiger partial charge in [-0.25, -0.2) is 4.98 Å². The highest BCUT2D eigenvalue weighted by atomic mass is 127. The molecular weight excluding hydrogens is 471 g/mol. The third kappa shape index (κ3) is 6.74. The zero-order valence-electron chi connectivity index (χ0n) is 17.1. The molecule has 154 valence electrons. The molecule has 0 bridgehead atoms. The molecule has 0 saturated heterocycles. The summed E-state index contributed by atoms with van der Waals surface area (Å²) in [6, 6.07) is 11.7. The lowest BCUT2D eigenvalue weighted by atomic mass is 10.1. The van der Waals surface area contributed by atoms with Gasteiger partial charge in [0.15, 0.2) is 17.5 Å². The number of nitrogens with zero attached hydrogens (tertiary/aromatic N) is 3. The quantitative estimate of drug-likeness (QED) is 0.342. The fourth-order valence-corrected chi connectivity index (χ4v) is 2.66. The van der Waals surface area contributed by atoms with Gasteiger partial charge in [-0.2, -0.15) is 0 Å². The molecule has 0 saturated carbocycles. The van der Waals surface area contributed by atoms with Crippen molar-refractivity contribution in [2.45, 2.75) is 13.0 Å². The van der Waals surface area contributed by atoms with Crippen molar-refractivity contribution in [3.05, 3.63) is 47.7 Å². The van der Waals surface area contributed by atoms with Crippen molar-refractivity contribution < 1.29 is 14.2 Å². The lowest BCUT2D eigenvalue weighted by Gasteiger charge is -2.22. The minimum absolute atomic E-state index is 0. The maximum absolute atomic E-state index is 5.37. The van der Waals surface area contributed by atoms with Gasteiger partial charge in [0.05, 0.1) is 33.6 Å². The normalized spacial score (nSPS) is 10.7. The van der Waals surface area contributed by atoms with Crippen molar-refractivity contribution in [2.24, 2.45) is 4.99 Å². The van der Waals surface area contributed by atoms with Crippen LogP contribution in [0, 0.1) is 0 Å². The summed E-state index contributed by atoms with van der Waals surface area (Å²) in [6.07, 6.45) is 0.856. The van der Waals surface area contributed by atoms with Gasteiger partial charge in [0.2, 0.25) is 5.88 Å². The molecule has 2 rings (SSSR count). The zero-order chi connectivity index (χ0) is 19.6. The third-order valence-corrected chi connectivity index (χ3v) is 4.18. The van der Waals surface area contributed by atoms with E-state index in [0.29, 0.717) is 12.4 Å². The summed E-state index contributed by atoms with van der Waals surface area (Å²) in [5.74, 6) is 2.88. The van der Waals surface area contributed by atoms with Crippen LogP contribution < -0.4 is 19.5 Å². The number of hydrogen-bond donors (Lipinski definition) is 1. The molecule has 7 nitrogen and oxygen atoms in total. The average Bonchev–Trinajstić information content (AvgIpc) is 2.72. The van der Waals surface area contributed by atoms with Gasteiger partial charge in [0.1, 0.15) is 0 Å². The summed E-state index contributed by atoms with van der Waals surface area (Å²) in [6.45, 7) is 1.38. The van der Waals surface area contributed by atoms with Gasteiger partial charge < -0.3 is 24.4 Å². The maximum Gasteiger partial charge on any atom is 0.213 e. The Morgan fingerprint density at radius 3 is 2.46 bits per heavy atom. The Hall–Kier alpha value is -2.23. The lowest BCUT2D eigenvalue weighted by molar-refractivity contribution is 0.354. The molecule has 0 atom stereocenters. The maximum atomic E-state index is 5.37. The van der Waals surface area contributed by atoms with Crippen LogP contribution in [0.15, 0.2) is 41.4 Å². The molecule has 1 aromatic carbocycles. The van der Waals surface area contributed by atoms with E-state index in [4.69, 9.17) is 14.2 Å². The predicted octanol–water partition coefficient (Wildman–Crippen LogP) is 2.98. The first-order valence-corrected chi connectivity index (χ1v) is 8.73. The number of likely N-dealkylation sites (N-methyl/N-ethyl adjacent to an activating group) is 1. The van der Waals surface area contributed by atoms with Crippen LogP contribution in [0.4, 0.5) is 0 Å². The molecule has 0 unspecified atom stereocenters. The van der Waals surface area contributed by atoms with Crippen molar-refractivity contribution in [1.29, 1.82) is 0 Å². The van der Waals surface area contributed by atoms with Crippen LogP contribution in [0.1, 0.15) is 11.3 Å². The molecule has 0 radical (unpaired) electrons. The summed E-state index contributed by atoms with van der Waals surface area (Å²) in [4.78, 5) is 10.8. The molecule has 0 amide bonds. The highest BCUT2D eigenvalue weighted by Crippen LogP contribution is 2.27. The number of benzene rings is 1. The van der Waals surface area contributed by atoms with Crippen LogP contribution in [-0.2, 0) is 13.0 Å². The first-order chi connectivity index (χ1) is 13.1. The van der Waals surface area contributed by atoms with Crippen LogP contribution in [0.5, 0.6) is 17.4 Å². The monoisotopic (exact) mass is 500 g/mol. The van der Waals surface area contributed by atoms with Crippen molar-refractivity contribution in [1.82, 2.24) is 15.2 Å². The topological polar surface area (TPSA) is 68.2 Å². The summed E-state index contributed by atoms with van der Waals surface area (Å²) in [5.41, 5.74) is 2.06. The Labute approximate surface area is 184 Å². The minimum Gasteiger partial charge on any atom is -0.493 e. The highest BCUT2D eigenvalue weighted by molar-refractivity contribution is 14.0. The van der Waals surface area contributed by atoms with Crippen molar-refractivity contribution in [3.63, 3.8) is 0 Å². The van der Waals surface area contributed by atoms with Crippen LogP contribution in [0.3, 0.4) is 0 Å². The molecule has 1 aromatic heterocycles. The minimum atomic E-state index is 0. The number of pyridine rings is 1. The second-order valence-electron chi connectivity index (χ2n) is 5.93. The Morgan fingerprint density at radius 2 is 1.82 bits per heavy atom. The fourth-order valence-electron chi connectivity index (χ4n) is 2.66. The number of guanidine groups is 1. The Morgan fingerprint density at radius 1 is 1.07 bits per heavy atom. The molecule has 0 aliphatic heterocycles. The number of ether oxygens (including phenoxy) is 3. The molecule has 28 heavy (non-hydrogen) atoms. The first kappa shape index (κ1) is 23.8. The van der Waals surface area contributed by atoms with E-state index in [9.17, 15) is 0 Å². The van der Waals surface area contributed by atoms with E-state index in [0.717, 1.165) is 36.1 Å². The highest BCUT2D eigenvalue weighted by Gasteiger charge is 2.09. The van der Waals surface area contributed by atoms with Crippen molar-refractivity contribution in [3.8, 4) is 17.4 Å². The first-order valence-electron chi connectivity index (χ1n) is 8.73. The standard InChI is InChI=1S/C20H28N4O3.HI/c1-21-20(22-14-16-7-6-8-19(23-16)27-5)24(2)12-11-15-9-10-17(25-3)18(13-15)26-4;/h6-10,13H,11-12,14H2,1-5H3,(H,21,22);1H. The van der Waals surface area contributed by atoms with Gasteiger partial charge in [-0.05, 0) is 30.2 Å². The number of methoxy groups -OCH3 is 3. The van der Waals surface area contributed by atoms with Crippen LogP contribution >= 0.6 is 24.0 Å². The number of aromatic nitrogens is 1. The third-order valence-electron chi connectivity index (χ3n) is 4.18. The predicted molar refractivity (Wildman–Crippen MR) is 122 cm³/mol. The number of nitrogens with one attached hydrogen (secondary N) is 1. The lowest BCUT2D eigenvalue weighted by Crippen LogP contribution is -2.39. The van der Waals surface area contributed by atoms with Gasteiger partial charge >= 0.3 is 0 Å². The SMILES string of the molecule is CN=C(NCc1cccc(OC)n1)N(C)CCc1ccc(OC)c(OC)c1.I. The van der Waals surface area contributed by atoms with Gasteiger partial charge in [-0.3, -0.25) is 4.99 Å². The zero-order valence-corrected chi connectivity index (χ0v) is 19.4. The molecule has 0 aliphatic rings. The largest absolute Gasteiger partial charge is 0.493 e. The Balaban J connectivity index is 0.00000392. The van der Waals surface area contributed by atoms with Crippen molar-refractivity contribution >= 4 is 29.9 Å². The summed E-state index contributed by atoms with van der Waals surface area (Å²) < 4.78 is 15.8. The number of hydrogen-bond acceptors (Lipinski definition) is 5. The van der Waals surface area contributed by atoms with Crippen molar-refractivity contribution in [2.75, 3.05) is 42.0 Å². The second kappa shape index (κ2) is 12.3. The molecule has 0 spiro atoms. The fraction of sp³-hybridized carbons (Fsp3) is 0.400. The Kier molecular flexibility index (Phi) is 10.4. The van der Waals surface area contributed by atoms with E-state index >= 15 is 0 Å². The second-order valence-corrected chi connectivity index (χ2v) is 5.93. The summed E-state index contributed by atoms with van der Waals surface area (Å²) in [5, 5.41) is 3.33. The van der Waals surface area contributed by atoms with E-state index in [1.54, 1.807) is 28.4 Å². The van der Waals surface area contributed by atoms with E-state index in [1.807, 2.05) is 43.4 Å². The molecular formula is C20H29IN4O3. The van der Waals surface area contributed by atoms with E-state index in [2.05, 4.69) is 20.2 Å².